The Morgan fingerprint density at radius 1 is 1.19 bits per heavy atom. The molecule has 1 atom stereocenters. The molecule has 0 radical (unpaired) electrons. The lowest BCUT2D eigenvalue weighted by molar-refractivity contribution is -0.157. The predicted molar refractivity (Wildman–Crippen MR) is 95.8 cm³/mol. The highest BCUT2D eigenvalue weighted by molar-refractivity contribution is 6.35. The van der Waals surface area contributed by atoms with Crippen LogP contribution in [-0.4, -0.2) is 81.8 Å². The fourth-order valence-corrected chi connectivity index (χ4v) is 3.48. The molecule has 3 rings (SSSR count). The minimum Gasteiger partial charge on any atom is -0.340 e. The quantitative estimate of drug-likeness (QED) is 0.696. The Kier molecular flexibility index (Phi) is 5.76. The number of rotatable bonds is 5. The van der Waals surface area contributed by atoms with Gasteiger partial charge in [0.15, 0.2) is 5.82 Å². The van der Waals surface area contributed by atoms with E-state index in [0.717, 1.165) is 12.8 Å². The molecule has 148 valence electrons. The average molecular weight is 377 g/mol. The van der Waals surface area contributed by atoms with Crippen molar-refractivity contribution in [1.82, 2.24) is 24.8 Å². The number of likely N-dealkylation sites (tertiary alicyclic amines) is 1. The van der Waals surface area contributed by atoms with Crippen LogP contribution in [0, 0.1) is 0 Å². The number of carbonyl (C=O) groups excluding carboxylic acids is 3. The molecule has 9 heteroatoms. The molecule has 0 spiro atoms. The third-order valence-electron chi connectivity index (χ3n) is 5.20. The molecule has 1 aromatic heterocycles. The van der Waals surface area contributed by atoms with E-state index in [4.69, 9.17) is 4.52 Å². The summed E-state index contributed by atoms with van der Waals surface area (Å²) in [6.45, 7) is 8.28. The molecule has 0 bridgehead atoms. The van der Waals surface area contributed by atoms with Crippen LogP contribution in [0.5, 0.6) is 0 Å². The topological polar surface area (TPSA) is 99.8 Å². The summed E-state index contributed by atoms with van der Waals surface area (Å²) in [5.41, 5.74) is 0. The van der Waals surface area contributed by atoms with Crippen LogP contribution < -0.4 is 0 Å². The van der Waals surface area contributed by atoms with E-state index in [0.29, 0.717) is 44.4 Å². The van der Waals surface area contributed by atoms with Gasteiger partial charge in [-0.2, -0.15) is 4.98 Å². The predicted octanol–water partition coefficient (Wildman–Crippen LogP) is 0.590. The van der Waals surface area contributed by atoms with Gasteiger partial charge in [-0.3, -0.25) is 14.4 Å². The highest BCUT2D eigenvalue weighted by Crippen LogP contribution is 2.27. The van der Waals surface area contributed by atoms with Gasteiger partial charge in [0.1, 0.15) is 6.54 Å². The maximum atomic E-state index is 12.7. The van der Waals surface area contributed by atoms with Gasteiger partial charge in [-0.1, -0.05) is 19.0 Å². The Morgan fingerprint density at radius 2 is 1.89 bits per heavy atom. The van der Waals surface area contributed by atoms with E-state index < -0.39 is 11.8 Å². The minimum absolute atomic E-state index is 0.0111. The SMILES string of the molecule is CCN1CCN(CC(=O)N2CCC[C@H](c3nc(C(C)C)no3)C2)C(=O)C1=O. The first kappa shape index (κ1) is 19.3. The van der Waals surface area contributed by atoms with E-state index in [9.17, 15) is 14.4 Å². The second-order valence-corrected chi connectivity index (χ2v) is 7.44. The average Bonchev–Trinajstić information content (AvgIpc) is 3.16. The van der Waals surface area contributed by atoms with Crippen molar-refractivity contribution in [1.29, 1.82) is 0 Å². The molecule has 0 saturated carbocycles. The van der Waals surface area contributed by atoms with Crippen molar-refractivity contribution >= 4 is 17.7 Å². The number of carbonyl (C=O) groups is 3. The lowest BCUT2D eigenvalue weighted by Gasteiger charge is -2.36. The summed E-state index contributed by atoms with van der Waals surface area (Å²) in [5.74, 6) is 0.175. The monoisotopic (exact) mass is 377 g/mol. The van der Waals surface area contributed by atoms with Crippen LogP contribution >= 0.6 is 0 Å². The summed E-state index contributed by atoms with van der Waals surface area (Å²) in [7, 11) is 0. The maximum Gasteiger partial charge on any atom is 0.312 e. The van der Waals surface area contributed by atoms with Crippen molar-refractivity contribution in [3.8, 4) is 0 Å². The van der Waals surface area contributed by atoms with Crippen LogP contribution in [0.15, 0.2) is 4.52 Å². The molecule has 0 aliphatic carbocycles. The van der Waals surface area contributed by atoms with Gasteiger partial charge in [-0.25, -0.2) is 0 Å². The van der Waals surface area contributed by atoms with Crippen LogP contribution in [0.2, 0.25) is 0 Å². The van der Waals surface area contributed by atoms with E-state index in [-0.39, 0.29) is 24.3 Å². The minimum atomic E-state index is -0.594. The Hall–Kier alpha value is -2.45. The third kappa shape index (κ3) is 4.12. The van der Waals surface area contributed by atoms with Gasteiger partial charge in [0, 0.05) is 38.6 Å². The zero-order chi connectivity index (χ0) is 19.6. The second-order valence-electron chi connectivity index (χ2n) is 7.44. The van der Waals surface area contributed by atoms with Crippen LogP contribution in [0.4, 0.5) is 0 Å². The van der Waals surface area contributed by atoms with Crippen LogP contribution in [-0.2, 0) is 14.4 Å². The standard InChI is InChI=1S/C18H27N5O4/c1-4-21-8-9-23(18(26)17(21)25)11-14(24)22-7-5-6-13(10-22)16-19-15(12(2)3)20-27-16/h12-13H,4-11H2,1-3H3/t13-/m0/s1. The van der Waals surface area contributed by atoms with Gasteiger partial charge in [0.2, 0.25) is 11.8 Å². The van der Waals surface area contributed by atoms with Crippen molar-refractivity contribution < 1.29 is 18.9 Å². The number of amides is 3. The van der Waals surface area contributed by atoms with E-state index >= 15 is 0 Å². The molecule has 2 aliphatic rings. The van der Waals surface area contributed by atoms with Crippen LogP contribution in [0.25, 0.3) is 0 Å². The Balaban J connectivity index is 1.60. The first-order valence-electron chi connectivity index (χ1n) is 9.60. The Morgan fingerprint density at radius 3 is 2.56 bits per heavy atom. The summed E-state index contributed by atoms with van der Waals surface area (Å²) in [6.07, 6.45) is 1.72. The summed E-state index contributed by atoms with van der Waals surface area (Å²) in [5, 5.41) is 4.00. The zero-order valence-corrected chi connectivity index (χ0v) is 16.2. The fourth-order valence-electron chi connectivity index (χ4n) is 3.48. The largest absolute Gasteiger partial charge is 0.340 e. The van der Waals surface area contributed by atoms with Gasteiger partial charge < -0.3 is 19.2 Å². The summed E-state index contributed by atoms with van der Waals surface area (Å²) >= 11 is 0. The number of piperazine rings is 1. The van der Waals surface area contributed by atoms with Crippen LogP contribution in [0.3, 0.4) is 0 Å². The molecule has 3 heterocycles. The number of piperidine rings is 1. The molecule has 2 aliphatic heterocycles. The number of hydrogen-bond acceptors (Lipinski definition) is 6. The van der Waals surface area contributed by atoms with Crippen molar-refractivity contribution in [2.45, 2.75) is 45.4 Å². The van der Waals surface area contributed by atoms with E-state index in [1.54, 1.807) is 4.90 Å². The van der Waals surface area contributed by atoms with Gasteiger partial charge in [-0.15, -0.1) is 0 Å². The smallest absolute Gasteiger partial charge is 0.312 e. The molecule has 0 N–H and O–H groups in total. The van der Waals surface area contributed by atoms with Gasteiger partial charge in [-0.05, 0) is 19.8 Å². The Bertz CT molecular complexity index is 716. The molecule has 2 fully saturated rings. The van der Waals surface area contributed by atoms with Gasteiger partial charge >= 0.3 is 11.8 Å². The normalized spacial score (nSPS) is 21.3. The first-order chi connectivity index (χ1) is 12.9. The second kappa shape index (κ2) is 8.06. The summed E-state index contributed by atoms with van der Waals surface area (Å²) in [6, 6.07) is 0. The summed E-state index contributed by atoms with van der Waals surface area (Å²) < 4.78 is 5.38. The van der Waals surface area contributed by atoms with Gasteiger partial charge in [0.05, 0.1) is 5.92 Å². The summed E-state index contributed by atoms with van der Waals surface area (Å²) in [4.78, 5) is 45.9. The lowest BCUT2D eigenvalue weighted by atomic mass is 9.98. The highest BCUT2D eigenvalue weighted by atomic mass is 16.5. The fraction of sp³-hybridized carbons (Fsp3) is 0.722. The van der Waals surface area contributed by atoms with E-state index in [1.807, 2.05) is 20.8 Å². The molecule has 0 unspecified atom stereocenters. The number of likely N-dealkylation sites (N-methyl/N-ethyl adjacent to an activating group) is 1. The molecular formula is C18H27N5O4. The molecule has 3 amide bonds. The molecule has 2 saturated heterocycles. The van der Waals surface area contributed by atoms with Crippen LogP contribution in [0.1, 0.15) is 57.2 Å². The molecule has 27 heavy (non-hydrogen) atoms. The lowest BCUT2D eigenvalue weighted by Crippen LogP contribution is -2.56. The number of hydrogen-bond donors (Lipinski definition) is 0. The Labute approximate surface area is 158 Å². The molecular weight excluding hydrogens is 350 g/mol. The third-order valence-corrected chi connectivity index (χ3v) is 5.20. The highest BCUT2D eigenvalue weighted by Gasteiger charge is 2.35. The molecule has 1 aromatic rings. The zero-order valence-electron chi connectivity index (χ0n) is 16.2. The number of nitrogens with zero attached hydrogens (tertiary/aromatic N) is 5. The van der Waals surface area contributed by atoms with Gasteiger partial charge in [0.25, 0.3) is 0 Å². The van der Waals surface area contributed by atoms with Crippen molar-refractivity contribution in [3.63, 3.8) is 0 Å². The molecule has 9 nitrogen and oxygen atoms in total. The van der Waals surface area contributed by atoms with E-state index in [1.165, 1.54) is 9.80 Å². The van der Waals surface area contributed by atoms with Crippen molar-refractivity contribution in [3.05, 3.63) is 11.7 Å². The number of aromatic nitrogens is 2. The molecule has 0 aromatic carbocycles. The van der Waals surface area contributed by atoms with Crippen molar-refractivity contribution in [2.75, 3.05) is 39.3 Å². The maximum absolute atomic E-state index is 12.7. The van der Waals surface area contributed by atoms with E-state index in [2.05, 4.69) is 10.1 Å². The first-order valence-corrected chi connectivity index (χ1v) is 9.60. The van der Waals surface area contributed by atoms with Crippen molar-refractivity contribution in [2.24, 2.45) is 0 Å².